The van der Waals surface area contributed by atoms with E-state index in [4.69, 9.17) is 0 Å². The fourth-order valence-electron chi connectivity index (χ4n) is 7.61. The predicted octanol–water partition coefficient (Wildman–Crippen LogP) is 14.7. The van der Waals surface area contributed by atoms with Crippen molar-refractivity contribution >= 4 is 5.91 Å². The summed E-state index contributed by atoms with van der Waals surface area (Å²) < 4.78 is 0. The molecule has 5 heteroatoms. The number of nitrogens with one attached hydrogen (secondary N) is 1. The third kappa shape index (κ3) is 40.8. The molecule has 56 heavy (non-hydrogen) atoms. The van der Waals surface area contributed by atoms with Crippen molar-refractivity contribution in [2.75, 3.05) is 6.61 Å². The molecule has 0 saturated carbocycles. The summed E-state index contributed by atoms with van der Waals surface area (Å²) >= 11 is 0. The molecule has 0 saturated heterocycles. The van der Waals surface area contributed by atoms with Gasteiger partial charge in [-0.05, 0) is 70.6 Å². The van der Waals surface area contributed by atoms with Crippen LogP contribution in [0, 0.1) is 0 Å². The second-order valence-electron chi connectivity index (χ2n) is 17.0. The molecular weight excluding hydrogens is 691 g/mol. The molecule has 0 radical (unpaired) electrons. The molecule has 330 valence electrons. The summed E-state index contributed by atoms with van der Waals surface area (Å²) in [6, 6.07) is -0.823. The van der Waals surface area contributed by atoms with Crippen molar-refractivity contribution < 1.29 is 20.1 Å². The number of aliphatic hydroxyl groups is 3. The van der Waals surface area contributed by atoms with Crippen LogP contribution in [0.2, 0.25) is 0 Å². The lowest BCUT2D eigenvalue weighted by molar-refractivity contribution is -0.124. The van der Waals surface area contributed by atoms with Crippen LogP contribution >= 0.6 is 0 Å². The van der Waals surface area contributed by atoms with Crippen molar-refractivity contribution in [3.63, 3.8) is 0 Å². The van der Waals surface area contributed by atoms with Crippen LogP contribution in [-0.2, 0) is 4.79 Å². The fraction of sp³-hybridized carbons (Fsp3) is 0.863. The van der Waals surface area contributed by atoms with E-state index in [1.165, 1.54) is 186 Å². The van der Waals surface area contributed by atoms with Gasteiger partial charge in [0.05, 0.1) is 18.8 Å². The highest BCUT2D eigenvalue weighted by atomic mass is 16.3. The van der Waals surface area contributed by atoms with Crippen molar-refractivity contribution in [1.29, 1.82) is 0 Å². The summed E-state index contributed by atoms with van der Waals surface area (Å²) in [5.74, 6) is -0.155. The van der Waals surface area contributed by atoms with Crippen LogP contribution in [0.25, 0.3) is 0 Å². The van der Waals surface area contributed by atoms with Crippen LogP contribution in [0.15, 0.2) is 36.5 Å². The molecule has 0 aliphatic carbocycles. The number of carbonyl (C=O) groups excluding carboxylic acids is 1. The zero-order valence-corrected chi connectivity index (χ0v) is 37.5. The molecule has 3 unspecified atom stereocenters. The van der Waals surface area contributed by atoms with E-state index < -0.39 is 18.2 Å². The van der Waals surface area contributed by atoms with Gasteiger partial charge in [0.1, 0.15) is 6.10 Å². The zero-order valence-electron chi connectivity index (χ0n) is 37.5. The Kier molecular flexibility index (Phi) is 45.1. The van der Waals surface area contributed by atoms with E-state index in [2.05, 4.69) is 55.6 Å². The number of aliphatic hydroxyl groups excluding tert-OH is 3. The van der Waals surface area contributed by atoms with Crippen LogP contribution in [0.1, 0.15) is 258 Å². The molecule has 0 aromatic heterocycles. The Bertz CT molecular complexity index is 870. The predicted molar refractivity (Wildman–Crippen MR) is 245 cm³/mol. The first-order valence-electron chi connectivity index (χ1n) is 24.8. The van der Waals surface area contributed by atoms with Gasteiger partial charge in [0.2, 0.25) is 5.91 Å². The second-order valence-corrected chi connectivity index (χ2v) is 17.0. The quantitative estimate of drug-likeness (QED) is 0.0365. The number of unbranched alkanes of at least 4 members (excludes halogenated alkanes) is 31. The highest BCUT2D eigenvalue weighted by Crippen LogP contribution is 2.16. The SMILES string of the molecule is CCCCCC/C=C/CCCC(O)C(O)C(CO)NC(=O)CCCCCCCCCCCCCCCCCCC/C=C\C/C=C\CCCCCCCCCCC. The highest BCUT2D eigenvalue weighted by molar-refractivity contribution is 5.76. The summed E-state index contributed by atoms with van der Waals surface area (Å²) in [5.41, 5.74) is 0. The zero-order chi connectivity index (χ0) is 40.8. The third-order valence-electron chi connectivity index (χ3n) is 11.5. The summed E-state index contributed by atoms with van der Waals surface area (Å²) in [5, 5.41) is 33.4. The average Bonchev–Trinajstić information content (AvgIpc) is 3.20. The van der Waals surface area contributed by atoms with Crippen LogP contribution in [0.3, 0.4) is 0 Å². The molecule has 3 atom stereocenters. The Labute approximate surface area is 349 Å². The standard InChI is InChI=1S/C51H97NO4/c1-3-5-7-9-11-13-14-15-16-17-18-19-20-21-22-23-24-25-26-27-28-29-30-31-32-33-34-35-36-38-40-42-44-46-50(55)52-48(47-53)51(56)49(54)45-43-41-39-37-12-10-8-6-4-2/h18-19,21-22,37,39,48-49,51,53-54,56H,3-17,20,23-36,38,40-47H2,1-2H3,(H,52,55)/b19-18-,22-21-,39-37+. The minimum atomic E-state index is -1.16. The van der Waals surface area contributed by atoms with E-state index in [9.17, 15) is 20.1 Å². The first-order chi connectivity index (χ1) is 27.6. The van der Waals surface area contributed by atoms with Gasteiger partial charge >= 0.3 is 0 Å². The van der Waals surface area contributed by atoms with Crippen LogP contribution in [-0.4, -0.2) is 46.1 Å². The molecule has 0 aromatic rings. The monoisotopic (exact) mass is 788 g/mol. The van der Waals surface area contributed by atoms with Gasteiger partial charge in [0.25, 0.3) is 0 Å². The Balaban J connectivity index is 3.48. The van der Waals surface area contributed by atoms with Crippen LogP contribution in [0.5, 0.6) is 0 Å². The Morgan fingerprint density at radius 2 is 0.768 bits per heavy atom. The van der Waals surface area contributed by atoms with Crippen molar-refractivity contribution in [1.82, 2.24) is 5.32 Å². The first kappa shape index (κ1) is 54.6. The fourth-order valence-corrected chi connectivity index (χ4v) is 7.61. The second kappa shape index (κ2) is 46.3. The maximum Gasteiger partial charge on any atom is 0.220 e. The third-order valence-corrected chi connectivity index (χ3v) is 11.5. The highest BCUT2D eigenvalue weighted by Gasteiger charge is 2.26. The van der Waals surface area contributed by atoms with Crippen molar-refractivity contribution in [3.8, 4) is 0 Å². The molecule has 0 rings (SSSR count). The molecule has 0 aliphatic heterocycles. The summed E-state index contributed by atoms with van der Waals surface area (Å²) in [4.78, 5) is 12.4. The molecule has 0 bridgehead atoms. The number of hydrogen-bond acceptors (Lipinski definition) is 4. The maximum absolute atomic E-state index is 12.4. The molecule has 0 aromatic carbocycles. The van der Waals surface area contributed by atoms with Crippen molar-refractivity contribution in [2.45, 2.75) is 276 Å². The van der Waals surface area contributed by atoms with Gasteiger partial charge in [-0.25, -0.2) is 0 Å². The molecule has 0 spiro atoms. The Morgan fingerprint density at radius 1 is 0.446 bits per heavy atom. The van der Waals surface area contributed by atoms with Crippen molar-refractivity contribution in [3.05, 3.63) is 36.5 Å². The molecule has 1 amide bonds. The van der Waals surface area contributed by atoms with Gasteiger partial charge in [-0.2, -0.15) is 0 Å². The molecule has 0 fully saturated rings. The largest absolute Gasteiger partial charge is 0.394 e. The average molecular weight is 788 g/mol. The van der Waals surface area contributed by atoms with E-state index in [0.29, 0.717) is 12.8 Å². The number of allylic oxidation sites excluding steroid dienone is 6. The Hall–Kier alpha value is -1.43. The van der Waals surface area contributed by atoms with Crippen LogP contribution < -0.4 is 5.32 Å². The normalized spacial score (nSPS) is 13.7. The summed E-state index contributed by atoms with van der Waals surface area (Å²) in [6.07, 6.45) is 58.8. The number of hydrogen-bond donors (Lipinski definition) is 4. The van der Waals surface area contributed by atoms with Crippen molar-refractivity contribution in [2.24, 2.45) is 0 Å². The van der Waals surface area contributed by atoms with Crippen LogP contribution in [0.4, 0.5) is 0 Å². The number of amides is 1. The van der Waals surface area contributed by atoms with E-state index in [1.807, 2.05) is 0 Å². The summed E-state index contributed by atoms with van der Waals surface area (Å²) in [7, 11) is 0. The van der Waals surface area contributed by atoms with Gasteiger partial charge in [0.15, 0.2) is 0 Å². The first-order valence-corrected chi connectivity index (χ1v) is 24.8. The van der Waals surface area contributed by atoms with Gasteiger partial charge in [-0.1, -0.05) is 217 Å². The minimum Gasteiger partial charge on any atom is -0.394 e. The Morgan fingerprint density at radius 3 is 1.16 bits per heavy atom. The van der Waals surface area contributed by atoms with Gasteiger partial charge in [-0.15, -0.1) is 0 Å². The number of rotatable bonds is 45. The molecule has 5 nitrogen and oxygen atoms in total. The number of carbonyl (C=O) groups is 1. The maximum atomic E-state index is 12.4. The van der Waals surface area contributed by atoms with E-state index in [-0.39, 0.29) is 12.5 Å². The molecule has 0 heterocycles. The molecule has 0 aliphatic rings. The van der Waals surface area contributed by atoms with Gasteiger partial charge in [-0.3, -0.25) is 4.79 Å². The van der Waals surface area contributed by atoms with E-state index >= 15 is 0 Å². The molecular formula is C51H97NO4. The van der Waals surface area contributed by atoms with Gasteiger partial charge in [0, 0.05) is 6.42 Å². The lowest BCUT2D eigenvalue weighted by atomic mass is 10.0. The smallest absolute Gasteiger partial charge is 0.220 e. The summed E-state index contributed by atoms with van der Waals surface area (Å²) in [6.45, 7) is 4.13. The minimum absolute atomic E-state index is 0.155. The lowest BCUT2D eigenvalue weighted by Crippen LogP contribution is -2.50. The lowest BCUT2D eigenvalue weighted by Gasteiger charge is -2.26. The van der Waals surface area contributed by atoms with Gasteiger partial charge < -0.3 is 20.6 Å². The molecule has 4 N–H and O–H groups in total. The van der Waals surface area contributed by atoms with E-state index in [0.717, 1.165) is 44.9 Å². The topological polar surface area (TPSA) is 89.8 Å². The van der Waals surface area contributed by atoms with E-state index in [1.54, 1.807) is 0 Å².